The first-order chi connectivity index (χ1) is 6.11. The third kappa shape index (κ3) is 3.01. The maximum atomic E-state index is 10.8. The normalized spacial score (nSPS) is 20.5. The number of Topliss-reactive ketones (excluding diaryl/α,β-unsaturated/α-hetero) is 1. The van der Waals surface area contributed by atoms with Gasteiger partial charge in [0.25, 0.3) is 0 Å². The summed E-state index contributed by atoms with van der Waals surface area (Å²) in [4.78, 5) is 21.5. The highest BCUT2D eigenvalue weighted by Crippen LogP contribution is 2.35. The fraction of sp³-hybridized carbons (Fsp3) is 0.600. The average Bonchev–Trinajstić information content (AvgIpc) is 1.99. The lowest BCUT2D eigenvalue weighted by atomic mass is 9.77. The standard InChI is InChI=1S/C10H14O3/c1-7(11)3-8-4-9(5-8)6-10(12)13-2/h6,8H,3-5H2,1-2H3. The van der Waals surface area contributed by atoms with Gasteiger partial charge in [-0.3, -0.25) is 0 Å². The molecule has 0 bridgehead atoms. The van der Waals surface area contributed by atoms with Crippen molar-refractivity contribution in [3.05, 3.63) is 11.6 Å². The number of ketones is 1. The summed E-state index contributed by atoms with van der Waals surface area (Å²) < 4.78 is 4.49. The third-order valence-electron chi connectivity index (χ3n) is 2.20. The van der Waals surface area contributed by atoms with Crippen LogP contribution < -0.4 is 0 Å². The van der Waals surface area contributed by atoms with Crippen molar-refractivity contribution in [2.75, 3.05) is 7.11 Å². The molecule has 3 nitrogen and oxygen atoms in total. The van der Waals surface area contributed by atoms with Crippen LogP contribution in [0.4, 0.5) is 0 Å². The largest absolute Gasteiger partial charge is 0.466 e. The maximum Gasteiger partial charge on any atom is 0.330 e. The van der Waals surface area contributed by atoms with Gasteiger partial charge >= 0.3 is 5.97 Å². The van der Waals surface area contributed by atoms with Gasteiger partial charge in [0, 0.05) is 12.5 Å². The first kappa shape index (κ1) is 9.96. The molecule has 0 aromatic carbocycles. The lowest BCUT2D eigenvalue weighted by molar-refractivity contribution is -0.134. The van der Waals surface area contributed by atoms with E-state index in [1.54, 1.807) is 6.92 Å². The molecule has 0 N–H and O–H groups in total. The summed E-state index contributed by atoms with van der Waals surface area (Å²) >= 11 is 0. The Kier molecular flexibility index (Phi) is 3.23. The van der Waals surface area contributed by atoms with Crippen LogP contribution in [-0.4, -0.2) is 18.9 Å². The Morgan fingerprint density at radius 2 is 2.15 bits per heavy atom. The molecule has 0 aliphatic heterocycles. The van der Waals surface area contributed by atoms with Gasteiger partial charge in [-0.25, -0.2) is 4.79 Å². The number of allylic oxidation sites excluding steroid dienone is 1. The van der Waals surface area contributed by atoms with Crippen LogP contribution in [0.25, 0.3) is 0 Å². The fourth-order valence-electron chi connectivity index (χ4n) is 1.58. The van der Waals surface area contributed by atoms with Crippen molar-refractivity contribution in [2.24, 2.45) is 5.92 Å². The van der Waals surface area contributed by atoms with Gasteiger partial charge < -0.3 is 9.53 Å². The average molecular weight is 182 g/mol. The first-order valence-corrected chi connectivity index (χ1v) is 4.38. The van der Waals surface area contributed by atoms with Crippen molar-refractivity contribution in [1.29, 1.82) is 0 Å². The fourth-order valence-corrected chi connectivity index (χ4v) is 1.58. The van der Waals surface area contributed by atoms with E-state index in [1.165, 1.54) is 13.2 Å². The molecular formula is C10H14O3. The second-order valence-electron chi connectivity index (χ2n) is 3.51. The van der Waals surface area contributed by atoms with Gasteiger partial charge in [-0.05, 0) is 25.7 Å². The van der Waals surface area contributed by atoms with Crippen LogP contribution in [0.2, 0.25) is 0 Å². The van der Waals surface area contributed by atoms with E-state index in [9.17, 15) is 9.59 Å². The van der Waals surface area contributed by atoms with Crippen molar-refractivity contribution >= 4 is 11.8 Å². The number of carbonyl (C=O) groups excluding carboxylic acids is 2. The number of methoxy groups -OCH3 is 1. The first-order valence-electron chi connectivity index (χ1n) is 4.38. The zero-order valence-electron chi connectivity index (χ0n) is 8.00. The van der Waals surface area contributed by atoms with Gasteiger partial charge in [-0.1, -0.05) is 5.57 Å². The molecule has 1 fully saturated rings. The Balaban J connectivity index is 2.28. The molecule has 0 amide bonds. The second kappa shape index (κ2) is 4.21. The number of esters is 1. The zero-order valence-corrected chi connectivity index (χ0v) is 8.00. The molecule has 1 saturated carbocycles. The van der Waals surface area contributed by atoms with Gasteiger partial charge in [-0.15, -0.1) is 0 Å². The molecular weight excluding hydrogens is 168 g/mol. The summed E-state index contributed by atoms with van der Waals surface area (Å²) in [5.74, 6) is 0.381. The summed E-state index contributed by atoms with van der Waals surface area (Å²) in [5, 5.41) is 0. The minimum atomic E-state index is -0.295. The maximum absolute atomic E-state index is 10.8. The molecule has 0 radical (unpaired) electrons. The number of hydrogen-bond donors (Lipinski definition) is 0. The number of rotatable bonds is 3. The molecule has 1 rings (SSSR count). The van der Waals surface area contributed by atoms with E-state index >= 15 is 0 Å². The lowest BCUT2D eigenvalue weighted by Crippen LogP contribution is -2.18. The molecule has 0 aromatic rings. The molecule has 1 aliphatic carbocycles. The van der Waals surface area contributed by atoms with E-state index in [2.05, 4.69) is 4.74 Å². The molecule has 72 valence electrons. The number of carbonyl (C=O) groups is 2. The predicted octanol–water partition coefficient (Wildman–Crippen LogP) is 1.47. The molecule has 0 atom stereocenters. The third-order valence-corrected chi connectivity index (χ3v) is 2.20. The molecule has 3 heteroatoms. The summed E-state index contributed by atoms with van der Waals surface area (Å²) in [7, 11) is 1.37. The van der Waals surface area contributed by atoms with Crippen LogP contribution in [0.3, 0.4) is 0 Å². The Hall–Kier alpha value is -1.12. The van der Waals surface area contributed by atoms with E-state index in [1.807, 2.05) is 0 Å². The Morgan fingerprint density at radius 1 is 1.54 bits per heavy atom. The van der Waals surface area contributed by atoms with Crippen molar-refractivity contribution in [3.63, 3.8) is 0 Å². The van der Waals surface area contributed by atoms with E-state index in [4.69, 9.17) is 0 Å². The van der Waals surface area contributed by atoms with Crippen LogP contribution in [0, 0.1) is 5.92 Å². The van der Waals surface area contributed by atoms with Crippen molar-refractivity contribution in [1.82, 2.24) is 0 Å². The molecule has 0 spiro atoms. The minimum absolute atomic E-state index is 0.224. The quantitative estimate of drug-likeness (QED) is 0.490. The van der Waals surface area contributed by atoms with Gasteiger partial charge in [0.1, 0.15) is 5.78 Å². The smallest absolute Gasteiger partial charge is 0.330 e. The number of hydrogen-bond acceptors (Lipinski definition) is 3. The van der Waals surface area contributed by atoms with Gasteiger partial charge in [0.05, 0.1) is 7.11 Å². The van der Waals surface area contributed by atoms with Crippen LogP contribution in [0.5, 0.6) is 0 Å². The van der Waals surface area contributed by atoms with Crippen molar-refractivity contribution in [3.8, 4) is 0 Å². The Bertz CT molecular complexity index is 245. The Labute approximate surface area is 77.8 Å². The monoisotopic (exact) mass is 182 g/mol. The van der Waals surface area contributed by atoms with Crippen LogP contribution in [0.1, 0.15) is 26.2 Å². The van der Waals surface area contributed by atoms with E-state index in [0.29, 0.717) is 12.3 Å². The molecule has 0 aromatic heterocycles. The van der Waals surface area contributed by atoms with Crippen LogP contribution in [0.15, 0.2) is 11.6 Å². The molecule has 1 aliphatic rings. The highest BCUT2D eigenvalue weighted by Gasteiger charge is 2.24. The van der Waals surface area contributed by atoms with E-state index < -0.39 is 0 Å². The highest BCUT2D eigenvalue weighted by atomic mass is 16.5. The minimum Gasteiger partial charge on any atom is -0.466 e. The van der Waals surface area contributed by atoms with E-state index in [-0.39, 0.29) is 11.8 Å². The number of ether oxygens (including phenoxy) is 1. The van der Waals surface area contributed by atoms with Crippen molar-refractivity contribution < 1.29 is 14.3 Å². The summed E-state index contributed by atoms with van der Waals surface area (Å²) in [5.41, 5.74) is 1.10. The molecule has 13 heavy (non-hydrogen) atoms. The highest BCUT2D eigenvalue weighted by molar-refractivity contribution is 5.83. The SMILES string of the molecule is COC(=O)C=C1CC(CC(C)=O)C1. The lowest BCUT2D eigenvalue weighted by Gasteiger charge is -2.27. The second-order valence-corrected chi connectivity index (χ2v) is 3.51. The summed E-state index contributed by atoms with van der Waals surface area (Å²) in [6.07, 6.45) is 3.90. The van der Waals surface area contributed by atoms with Crippen LogP contribution >= 0.6 is 0 Å². The summed E-state index contributed by atoms with van der Waals surface area (Å²) in [6, 6.07) is 0. The molecule has 0 unspecified atom stereocenters. The van der Waals surface area contributed by atoms with E-state index in [0.717, 1.165) is 18.4 Å². The van der Waals surface area contributed by atoms with Gasteiger partial charge in [-0.2, -0.15) is 0 Å². The topological polar surface area (TPSA) is 43.4 Å². The molecule has 0 heterocycles. The summed E-state index contributed by atoms with van der Waals surface area (Å²) in [6.45, 7) is 1.60. The molecule has 0 saturated heterocycles. The zero-order chi connectivity index (χ0) is 9.84. The van der Waals surface area contributed by atoms with Gasteiger partial charge in [0.2, 0.25) is 0 Å². The van der Waals surface area contributed by atoms with Gasteiger partial charge in [0.15, 0.2) is 0 Å². The van der Waals surface area contributed by atoms with Crippen LogP contribution in [-0.2, 0) is 14.3 Å². The Morgan fingerprint density at radius 3 is 2.62 bits per heavy atom. The van der Waals surface area contributed by atoms with Crippen molar-refractivity contribution in [2.45, 2.75) is 26.2 Å². The predicted molar refractivity (Wildman–Crippen MR) is 48.1 cm³/mol.